The minimum Gasteiger partial charge on any atom is -0.481 e. The summed E-state index contributed by atoms with van der Waals surface area (Å²) in [4.78, 5) is 19.9. The van der Waals surface area contributed by atoms with Gasteiger partial charge in [0, 0.05) is 12.6 Å². The maximum atomic E-state index is 13.2. The van der Waals surface area contributed by atoms with E-state index in [0.29, 0.717) is 12.1 Å². The normalized spacial score (nSPS) is 12.1. The Bertz CT molecular complexity index is 686. The van der Waals surface area contributed by atoms with Crippen molar-refractivity contribution in [1.82, 2.24) is 4.72 Å². The number of aliphatic carboxylic acids is 1. The summed E-state index contributed by atoms with van der Waals surface area (Å²) >= 11 is 0. The highest BCUT2D eigenvalue weighted by atomic mass is 32.2. The van der Waals surface area contributed by atoms with Gasteiger partial charge in [-0.15, -0.1) is 0 Å². The molecule has 0 saturated heterocycles. The second-order valence-electron chi connectivity index (χ2n) is 4.88. The molecule has 1 aromatic rings. The van der Waals surface area contributed by atoms with E-state index < -0.39 is 49.3 Å². The molecule has 0 aliphatic carbocycles. The van der Waals surface area contributed by atoms with Crippen LogP contribution in [-0.4, -0.2) is 31.0 Å². The topological polar surface area (TPSA) is 127 Å². The molecule has 8 nitrogen and oxygen atoms in total. The lowest BCUT2D eigenvalue weighted by atomic mass is 9.95. The van der Waals surface area contributed by atoms with Gasteiger partial charge in [-0.05, 0) is 26.0 Å². The van der Waals surface area contributed by atoms with Gasteiger partial charge in [-0.2, -0.15) is 4.39 Å². The largest absolute Gasteiger partial charge is 0.481 e. The SMILES string of the molecule is CC(C)(CNS(=O)(=O)c1ccc(F)c([N+](=O)[O-])c1)C(=O)O. The fraction of sp³-hybridized carbons (Fsp3) is 0.364. The van der Waals surface area contributed by atoms with Crippen LogP contribution in [-0.2, 0) is 14.8 Å². The van der Waals surface area contributed by atoms with Crippen molar-refractivity contribution in [2.75, 3.05) is 6.54 Å². The first kappa shape index (κ1) is 17.0. The number of benzene rings is 1. The van der Waals surface area contributed by atoms with Crippen LogP contribution >= 0.6 is 0 Å². The number of nitrogens with zero attached hydrogens (tertiary/aromatic N) is 1. The molecular weight excluding hydrogens is 307 g/mol. The molecule has 0 aliphatic rings. The van der Waals surface area contributed by atoms with Crippen LogP contribution < -0.4 is 4.72 Å². The summed E-state index contributed by atoms with van der Waals surface area (Å²) in [7, 11) is -4.18. The molecule has 0 amide bonds. The quantitative estimate of drug-likeness (QED) is 0.597. The van der Waals surface area contributed by atoms with E-state index in [0.717, 1.165) is 6.07 Å². The lowest BCUT2D eigenvalue weighted by Gasteiger charge is -2.19. The molecule has 0 unspecified atom stereocenters. The molecule has 2 N–H and O–H groups in total. The predicted molar refractivity (Wildman–Crippen MR) is 69.7 cm³/mol. The number of nitrogens with one attached hydrogen (secondary N) is 1. The average Bonchev–Trinajstić information content (AvgIpc) is 2.36. The number of hydrogen-bond acceptors (Lipinski definition) is 5. The van der Waals surface area contributed by atoms with Crippen LogP contribution in [0.25, 0.3) is 0 Å². The molecule has 0 aromatic heterocycles. The highest BCUT2D eigenvalue weighted by Gasteiger charge is 2.30. The number of carboxylic acid groups (broad SMARTS) is 1. The minimum atomic E-state index is -4.18. The first-order chi connectivity index (χ1) is 9.47. The van der Waals surface area contributed by atoms with Crippen LogP contribution in [0.1, 0.15) is 13.8 Å². The summed E-state index contributed by atoms with van der Waals surface area (Å²) in [6.07, 6.45) is 0. The van der Waals surface area contributed by atoms with E-state index in [1.807, 2.05) is 4.72 Å². The summed E-state index contributed by atoms with van der Waals surface area (Å²) < 4.78 is 39.1. The van der Waals surface area contributed by atoms with Gasteiger partial charge in [0.2, 0.25) is 15.8 Å². The Labute approximate surface area is 119 Å². The maximum Gasteiger partial charge on any atom is 0.310 e. The van der Waals surface area contributed by atoms with E-state index in [1.165, 1.54) is 13.8 Å². The molecule has 0 saturated carbocycles. The molecule has 0 atom stereocenters. The van der Waals surface area contributed by atoms with E-state index >= 15 is 0 Å². The maximum absolute atomic E-state index is 13.2. The van der Waals surface area contributed by atoms with Gasteiger partial charge in [-0.1, -0.05) is 0 Å². The smallest absolute Gasteiger partial charge is 0.310 e. The van der Waals surface area contributed by atoms with Crippen molar-refractivity contribution in [2.45, 2.75) is 18.7 Å². The van der Waals surface area contributed by atoms with Crippen LogP contribution in [0.4, 0.5) is 10.1 Å². The van der Waals surface area contributed by atoms with Gasteiger partial charge in [-0.25, -0.2) is 13.1 Å². The Balaban J connectivity index is 3.07. The number of halogens is 1. The van der Waals surface area contributed by atoms with Crippen LogP contribution in [0.3, 0.4) is 0 Å². The van der Waals surface area contributed by atoms with Crippen molar-refractivity contribution in [3.8, 4) is 0 Å². The van der Waals surface area contributed by atoms with Gasteiger partial charge in [0.25, 0.3) is 0 Å². The first-order valence-electron chi connectivity index (χ1n) is 5.64. The van der Waals surface area contributed by atoms with Crippen molar-refractivity contribution in [3.63, 3.8) is 0 Å². The summed E-state index contributed by atoms with van der Waals surface area (Å²) in [6.45, 7) is 2.20. The van der Waals surface area contributed by atoms with Crippen molar-refractivity contribution < 1.29 is 27.6 Å². The summed E-state index contributed by atoms with van der Waals surface area (Å²) in [5, 5.41) is 19.5. The van der Waals surface area contributed by atoms with Gasteiger partial charge >= 0.3 is 11.7 Å². The van der Waals surface area contributed by atoms with Gasteiger partial charge in [0.15, 0.2) is 0 Å². The second kappa shape index (κ2) is 5.74. The molecule has 0 spiro atoms. The number of nitro benzene ring substituents is 1. The minimum absolute atomic E-state index is 0.421. The average molecular weight is 320 g/mol. The number of carboxylic acids is 1. The Morgan fingerprint density at radius 2 is 2.05 bits per heavy atom. The molecule has 0 bridgehead atoms. The monoisotopic (exact) mass is 320 g/mol. The summed E-state index contributed by atoms with van der Waals surface area (Å²) in [5.74, 6) is -2.37. The van der Waals surface area contributed by atoms with Crippen molar-refractivity contribution in [2.24, 2.45) is 5.41 Å². The van der Waals surface area contributed by atoms with Crippen molar-refractivity contribution in [3.05, 3.63) is 34.1 Å². The summed E-state index contributed by atoms with van der Waals surface area (Å²) in [6, 6.07) is 2.10. The number of hydrogen-bond donors (Lipinski definition) is 2. The highest BCUT2D eigenvalue weighted by Crippen LogP contribution is 2.22. The molecular formula is C11H13FN2O6S. The molecule has 0 fully saturated rings. The third-order valence-electron chi connectivity index (χ3n) is 2.71. The fourth-order valence-corrected chi connectivity index (χ4v) is 2.47. The van der Waals surface area contributed by atoms with Crippen LogP contribution in [0.15, 0.2) is 23.1 Å². The zero-order valence-corrected chi connectivity index (χ0v) is 12.0. The van der Waals surface area contributed by atoms with E-state index in [-0.39, 0.29) is 0 Å². The predicted octanol–water partition coefficient (Wildman–Crippen LogP) is 1.12. The number of rotatable bonds is 6. The first-order valence-corrected chi connectivity index (χ1v) is 7.13. The summed E-state index contributed by atoms with van der Waals surface area (Å²) in [5.41, 5.74) is -2.34. The van der Waals surface area contributed by atoms with E-state index in [2.05, 4.69) is 0 Å². The zero-order valence-electron chi connectivity index (χ0n) is 11.2. The standard InChI is InChI=1S/C11H13FN2O6S/c1-11(2,10(15)16)6-13-21(19,20)7-3-4-8(12)9(5-7)14(17)18/h3-5,13H,6H2,1-2H3,(H,15,16). The number of nitro groups is 1. The van der Waals surface area contributed by atoms with Crippen molar-refractivity contribution in [1.29, 1.82) is 0 Å². The van der Waals surface area contributed by atoms with E-state index in [9.17, 15) is 27.7 Å². The van der Waals surface area contributed by atoms with Gasteiger partial charge in [0.05, 0.1) is 15.2 Å². The lowest BCUT2D eigenvalue weighted by molar-refractivity contribution is -0.387. The van der Waals surface area contributed by atoms with Gasteiger partial charge in [0.1, 0.15) is 0 Å². The van der Waals surface area contributed by atoms with Crippen LogP contribution in [0.5, 0.6) is 0 Å². The zero-order chi connectivity index (χ0) is 16.4. The molecule has 116 valence electrons. The third-order valence-corrected chi connectivity index (χ3v) is 4.11. The Morgan fingerprint density at radius 3 is 2.52 bits per heavy atom. The number of carbonyl (C=O) groups is 1. The molecule has 0 radical (unpaired) electrons. The molecule has 0 aliphatic heterocycles. The van der Waals surface area contributed by atoms with E-state index in [4.69, 9.17) is 5.11 Å². The molecule has 1 rings (SSSR count). The van der Waals surface area contributed by atoms with Gasteiger partial charge in [-0.3, -0.25) is 14.9 Å². The van der Waals surface area contributed by atoms with Crippen molar-refractivity contribution >= 4 is 21.7 Å². The molecule has 10 heteroatoms. The second-order valence-corrected chi connectivity index (χ2v) is 6.65. The Kier molecular flexibility index (Phi) is 4.64. The lowest BCUT2D eigenvalue weighted by Crippen LogP contribution is -2.38. The fourth-order valence-electron chi connectivity index (χ4n) is 1.23. The Hall–Kier alpha value is -2.07. The number of sulfonamides is 1. The third kappa shape index (κ3) is 3.95. The highest BCUT2D eigenvalue weighted by molar-refractivity contribution is 7.89. The molecule has 0 heterocycles. The van der Waals surface area contributed by atoms with Crippen LogP contribution in [0.2, 0.25) is 0 Å². The van der Waals surface area contributed by atoms with Crippen LogP contribution in [0, 0.1) is 21.3 Å². The van der Waals surface area contributed by atoms with Gasteiger partial charge < -0.3 is 5.11 Å². The molecule has 1 aromatic carbocycles. The Morgan fingerprint density at radius 1 is 1.48 bits per heavy atom. The molecule has 21 heavy (non-hydrogen) atoms. The van der Waals surface area contributed by atoms with E-state index in [1.54, 1.807) is 0 Å².